The molecule has 0 atom stereocenters. The van der Waals surface area contributed by atoms with E-state index in [0.29, 0.717) is 5.69 Å². The predicted octanol–water partition coefficient (Wildman–Crippen LogP) is 2.57. The molecule has 2 aromatic carbocycles. The van der Waals surface area contributed by atoms with E-state index in [1.54, 1.807) is 6.07 Å². The molecular weight excluding hydrogens is 393 g/mol. The van der Waals surface area contributed by atoms with Crippen molar-refractivity contribution in [3.8, 4) is 0 Å². The first-order valence-electron chi connectivity index (χ1n) is 8.38. The Morgan fingerprint density at radius 2 is 1.62 bits per heavy atom. The second-order valence-corrected chi connectivity index (χ2v) is 5.81. The first-order chi connectivity index (χ1) is 13.7. The van der Waals surface area contributed by atoms with Gasteiger partial charge in [0, 0.05) is 24.7 Å². The van der Waals surface area contributed by atoms with E-state index in [-0.39, 0.29) is 30.9 Å². The van der Waals surface area contributed by atoms with Crippen LogP contribution in [0.4, 0.5) is 24.5 Å². The molecule has 0 saturated heterocycles. The van der Waals surface area contributed by atoms with Gasteiger partial charge in [0.2, 0.25) is 5.91 Å². The summed E-state index contributed by atoms with van der Waals surface area (Å²) in [6, 6.07) is 9.64. The monoisotopic (exact) mass is 410 g/mol. The highest BCUT2D eigenvalue weighted by Gasteiger charge is 2.30. The molecule has 0 radical (unpaired) electrons. The van der Waals surface area contributed by atoms with Crippen LogP contribution in [-0.2, 0) is 11.0 Å². The van der Waals surface area contributed by atoms with Crippen molar-refractivity contribution in [3.63, 3.8) is 0 Å². The maximum Gasteiger partial charge on any atom is 0.416 e. The Bertz CT molecular complexity index is 885. The molecule has 2 amide bonds. The molecule has 2 aromatic rings. The summed E-state index contributed by atoms with van der Waals surface area (Å²) in [5.74, 6) is -1.21. The zero-order valence-electron chi connectivity index (χ0n) is 15.0. The van der Waals surface area contributed by atoms with Crippen LogP contribution in [0, 0.1) is 10.1 Å². The van der Waals surface area contributed by atoms with E-state index in [4.69, 9.17) is 0 Å². The number of amides is 2. The lowest BCUT2D eigenvalue weighted by Gasteiger charge is -2.10. The third-order valence-corrected chi connectivity index (χ3v) is 3.75. The molecule has 0 fully saturated rings. The number of alkyl halides is 3. The number of rotatable bonds is 8. The molecule has 8 nitrogen and oxygen atoms in total. The summed E-state index contributed by atoms with van der Waals surface area (Å²) in [6.45, 7) is -0.0180. The number of nitro benzene ring substituents is 1. The summed E-state index contributed by atoms with van der Waals surface area (Å²) in [6.07, 6.45) is -4.50. The molecule has 0 heterocycles. The van der Waals surface area contributed by atoms with Gasteiger partial charge in [0.05, 0.1) is 17.0 Å². The van der Waals surface area contributed by atoms with Crippen molar-refractivity contribution in [1.29, 1.82) is 0 Å². The van der Waals surface area contributed by atoms with Crippen LogP contribution in [0.1, 0.15) is 15.9 Å². The number of hydrogen-bond donors (Lipinski definition) is 3. The standard InChI is InChI=1S/C18H17F3N4O4/c19-18(20,21)13-7-5-12(6-8-13)17(27)24-11-16(26)23-10-9-22-14-3-1-2-4-15(14)25(28)29/h1-8,22H,9-11H2,(H,23,26)(H,24,27). The Morgan fingerprint density at radius 1 is 0.966 bits per heavy atom. The van der Waals surface area contributed by atoms with Gasteiger partial charge >= 0.3 is 6.18 Å². The van der Waals surface area contributed by atoms with Crippen molar-refractivity contribution >= 4 is 23.2 Å². The van der Waals surface area contributed by atoms with Crippen molar-refractivity contribution in [2.24, 2.45) is 0 Å². The van der Waals surface area contributed by atoms with Crippen LogP contribution in [0.3, 0.4) is 0 Å². The van der Waals surface area contributed by atoms with Gasteiger partial charge in [-0.2, -0.15) is 13.2 Å². The van der Waals surface area contributed by atoms with E-state index in [9.17, 15) is 32.9 Å². The molecule has 3 N–H and O–H groups in total. The van der Waals surface area contributed by atoms with E-state index in [1.165, 1.54) is 18.2 Å². The van der Waals surface area contributed by atoms with Gasteiger partial charge in [-0.25, -0.2) is 0 Å². The number of nitro groups is 1. The van der Waals surface area contributed by atoms with Gasteiger partial charge < -0.3 is 16.0 Å². The van der Waals surface area contributed by atoms with E-state index in [2.05, 4.69) is 16.0 Å². The quantitative estimate of drug-likeness (QED) is 0.352. The number of nitrogens with one attached hydrogen (secondary N) is 3. The fourth-order valence-electron chi connectivity index (χ4n) is 2.32. The third kappa shape index (κ3) is 6.48. The van der Waals surface area contributed by atoms with Crippen molar-refractivity contribution in [2.75, 3.05) is 25.0 Å². The Labute approximate surface area is 163 Å². The summed E-state index contributed by atoms with van der Waals surface area (Å²) in [5.41, 5.74) is -0.674. The van der Waals surface area contributed by atoms with E-state index >= 15 is 0 Å². The van der Waals surface area contributed by atoms with Crippen LogP contribution in [-0.4, -0.2) is 36.4 Å². The van der Waals surface area contributed by atoms with Crippen molar-refractivity contribution in [1.82, 2.24) is 10.6 Å². The van der Waals surface area contributed by atoms with Crippen molar-refractivity contribution in [2.45, 2.75) is 6.18 Å². The maximum absolute atomic E-state index is 12.5. The minimum atomic E-state index is -4.50. The molecule has 0 aromatic heterocycles. The Morgan fingerprint density at radius 3 is 2.24 bits per heavy atom. The van der Waals surface area contributed by atoms with Crippen LogP contribution >= 0.6 is 0 Å². The van der Waals surface area contributed by atoms with Gasteiger partial charge in [0.15, 0.2) is 0 Å². The number of benzene rings is 2. The topological polar surface area (TPSA) is 113 Å². The number of hydrogen-bond acceptors (Lipinski definition) is 5. The fourth-order valence-corrected chi connectivity index (χ4v) is 2.32. The molecule has 0 bridgehead atoms. The predicted molar refractivity (Wildman–Crippen MR) is 98.4 cm³/mol. The minimum absolute atomic E-state index is 0.0103. The van der Waals surface area contributed by atoms with Crippen LogP contribution in [0.5, 0.6) is 0 Å². The lowest BCUT2D eigenvalue weighted by Crippen LogP contribution is -2.38. The molecule has 0 aliphatic heterocycles. The summed E-state index contributed by atoms with van der Waals surface area (Å²) < 4.78 is 37.5. The van der Waals surface area contributed by atoms with E-state index in [1.807, 2.05) is 0 Å². The largest absolute Gasteiger partial charge is 0.416 e. The molecule has 0 unspecified atom stereocenters. The smallest absolute Gasteiger partial charge is 0.378 e. The lowest BCUT2D eigenvalue weighted by molar-refractivity contribution is -0.384. The minimum Gasteiger partial charge on any atom is -0.378 e. The van der Waals surface area contributed by atoms with Gasteiger partial charge in [-0.15, -0.1) is 0 Å². The Kier molecular flexibility index (Phi) is 7.12. The second-order valence-electron chi connectivity index (χ2n) is 5.81. The SMILES string of the molecule is O=C(CNC(=O)c1ccc(C(F)(F)F)cc1)NCCNc1ccccc1[N+](=O)[O-]. The van der Waals surface area contributed by atoms with Crippen molar-refractivity contribution in [3.05, 3.63) is 69.8 Å². The average Bonchev–Trinajstić information content (AvgIpc) is 2.69. The Hall–Kier alpha value is -3.63. The molecule has 2 rings (SSSR count). The molecule has 29 heavy (non-hydrogen) atoms. The maximum atomic E-state index is 12.5. The molecule has 0 saturated carbocycles. The summed E-state index contributed by atoms with van der Waals surface area (Å²) >= 11 is 0. The van der Waals surface area contributed by atoms with Gasteiger partial charge in [0.25, 0.3) is 11.6 Å². The molecule has 0 aliphatic carbocycles. The van der Waals surface area contributed by atoms with Gasteiger partial charge in [0.1, 0.15) is 5.69 Å². The first kappa shape index (κ1) is 21.7. The number of carbonyl (C=O) groups excluding carboxylic acids is 2. The van der Waals surface area contributed by atoms with Gasteiger partial charge in [-0.1, -0.05) is 12.1 Å². The van der Waals surface area contributed by atoms with Crippen molar-refractivity contribution < 1.29 is 27.7 Å². The second kappa shape index (κ2) is 9.53. The molecular formula is C18H17F3N4O4. The Balaban J connectivity index is 1.73. The molecule has 0 spiro atoms. The normalized spacial score (nSPS) is 10.9. The lowest BCUT2D eigenvalue weighted by atomic mass is 10.1. The third-order valence-electron chi connectivity index (χ3n) is 3.75. The van der Waals surface area contributed by atoms with Crippen LogP contribution in [0.25, 0.3) is 0 Å². The first-order valence-corrected chi connectivity index (χ1v) is 8.38. The van der Waals surface area contributed by atoms with Gasteiger partial charge in [-0.05, 0) is 30.3 Å². The highest BCUT2D eigenvalue weighted by atomic mass is 19.4. The zero-order chi connectivity index (χ0) is 21.4. The highest BCUT2D eigenvalue weighted by Crippen LogP contribution is 2.29. The van der Waals surface area contributed by atoms with Crippen LogP contribution < -0.4 is 16.0 Å². The summed E-state index contributed by atoms with van der Waals surface area (Å²) in [5, 5.41) is 18.5. The van der Waals surface area contributed by atoms with E-state index < -0.39 is 28.5 Å². The number of nitrogens with zero attached hydrogens (tertiary/aromatic N) is 1. The summed E-state index contributed by atoms with van der Waals surface area (Å²) in [4.78, 5) is 34.0. The molecule has 154 valence electrons. The number of anilines is 1. The number of para-hydroxylation sites is 2. The number of halogens is 3. The van der Waals surface area contributed by atoms with Crippen LogP contribution in [0.15, 0.2) is 48.5 Å². The molecule has 0 aliphatic rings. The summed E-state index contributed by atoms with van der Waals surface area (Å²) in [7, 11) is 0. The molecule has 11 heteroatoms. The zero-order valence-corrected chi connectivity index (χ0v) is 15.0. The average molecular weight is 410 g/mol. The number of carbonyl (C=O) groups is 2. The van der Waals surface area contributed by atoms with E-state index in [0.717, 1.165) is 24.3 Å². The van der Waals surface area contributed by atoms with Gasteiger partial charge in [-0.3, -0.25) is 19.7 Å². The fraction of sp³-hybridized carbons (Fsp3) is 0.222. The highest BCUT2D eigenvalue weighted by molar-refractivity contribution is 5.96. The van der Waals surface area contributed by atoms with Crippen LogP contribution in [0.2, 0.25) is 0 Å².